The van der Waals surface area contributed by atoms with Gasteiger partial charge in [-0.3, -0.25) is 9.59 Å². The Kier molecular flexibility index (Phi) is 3.85. The van der Waals surface area contributed by atoms with Crippen molar-refractivity contribution >= 4 is 12.2 Å². The van der Waals surface area contributed by atoms with Crippen molar-refractivity contribution in [1.29, 1.82) is 0 Å². The molecule has 15 heavy (non-hydrogen) atoms. The third-order valence-electron chi connectivity index (χ3n) is 1.97. The fourth-order valence-electron chi connectivity index (χ4n) is 1.13. The fourth-order valence-corrected chi connectivity index (χ4v) is 1.13. The third kappa shape index (κ3) is 2.80. The number of carbonyl (C=O) groups is 2. The largest absolute Gasteiger partial charge is 0.480 e. The molecule has 0 aromatic heterocycles. The summed E-state index contributed by atoms with van der Waals surface area (Å²) in [6, 6.07) is 6.78. The van der Waals surface area contributed by atoms with E-state index in [4.69, 9.17) is 4.74 Å². The number of ether oxygens (including phenoxy) is 1. The van der Waals surface area contributed by atoms with Gasteiger partial charge in [-0.1, -0.05) is 12.1 Å². The van der Waals surface area contributed by atoms with Gasteiger partial charge < -0.3 is 10.1 Å². The van der Waals surface area contributed by atoms with Crippen molar-refractivity contribution in [2.24, 2.45) is 0 Å². The second-order valence-corrected chi connectivity index (χ2v) is 3.03. The number of likely N-dealkylation sites (N-methyl/N-ethyl adjacent to an activating group) is 1. The van der Waals surface area contributed by atoms with Crippen molar-refractivity contribution in [1.82, 2.24) is 5.32 Å². The first kappa shape index (κ1) is 11.2. The average molecular weight is 207 g/mol. The van der Waals surface area contributed by atoms with Crippen molar-refractivity contribution in [3.8, 4) is 5.75 Å². The lowest BCUT2D eigenvalue weighted by Gasteiger charge is -2.14. The molecule has 1 aromatic rings. The topological polar surface area (TPSA) is 55.4 Å². The first-order chi connectivity index (χ1) is 7.19. The minimum atomic E-state index is -0.615. The van der Waals surface area contributed by atoms with Gasteiger partial charge in [0.1, 0.15) is 5.75 Å². The molecule has 0 saturated heterocycles. The van der Waals surface area contributed by atoms with E-state index in [-0.39, 0.29) is 5.91 Å². The smallest absolute Gasteiger partial charge is 0.260 e. The minimum Gasteiger partial charge on any atom is -0.480 e. The summed E-state index contributed by atoms with van der Waals surface area (Å²) in [5, 5.41) is 2.47. The zero-order valence-electron chi connectivity index (χ0n) is 8.69. The average Bonchev–Trinajstić information content (AvgIpc) is 2.28. The summed E-state index contributed by atoms with van der Waals surface area (Å²) in [7, 11) is 1.54. The summed E-state index contributed by atoms with van der Waals surface area (Å²) >= 11 is 0. The molecule has 80 valence electrons. The predicted octanol–water partition coefficient (Wildman–Crippen LogP) is 1.01. The Bertz CT molecular complexity index is 363. The minimum absolute atomic E-state index is 0.226. The standard InChI is InChI=1S/C11H13NO3/c1-8(11(14)12-2)15-10-6-4-3-5-9(10)7-13/h3-8H,1-2H3,(H,12,14)/t8-/m0/s1. The summed E-state index contributed by atoms with van der Waals surface area (Å²) in [6.45, 7) is 1.63. The van der Waals surface area contributed by atoms with Crippen molar-refractivity contribution in [3.05, 3.63) is 29.8 Å². The second-order valence-electron chi connectivity index (χ2n) is 3.03. The molecular weight excluding hydrogens is 194 g/mol. The Labute approximate surface area is 88.2 Å². The maximum absolute atomic E-state index is 11.2. The second kappa shape index (κ2) is 5.14. The Hall–Kier alpha value is -1.84. The summed E-state index contributed by atoms with van der Waals surface area (Å²) in [4.78, 5) is 21.9. The van der Waals surface area contributed by atoms with Crippen LogP contribution in [-0.2, 0) is 4.79 Å². The predicted molar refractivity (Wildman–Crippen MR) is 56.0 cm³/mol. The zero-order valence-corrected chi connectivity index (χ0v) is 8.69. The van der Waals surface area contributed by atoms with Gasteiger partial charge in [0.2, 0.25) is 0 Å². The van der Waals surface area contributed by atoms with E-state index in [1.807, 2.05) is 0 Å². The Morgan fingerprint density at radius 2 is 2.13 bits per heavy atom. The molecular formula is C11H13NO3. The number of hydrogen-bond acceptors (Lipinski definition) is 3. The number of amides is 1. The molecule has 0 spiro atoms. The Morgan fingerprint density at radius 3 is 2.73 bits per heavy atom. The maximum Gasteiger partial charge on any atom is 0.260 e. The van der Waals surface area contributed by atoms with Crippen molar-refractivity contribution in [2.75, 3.05) is 7.05 Å². The van der Waals surface area contributed by atoms with E-state index in [1.165, 1.54) is 7.05 Å². The van der Waals surface area contributed by atoms with Gasteiger partial charge in [0, 0.05) is 7.05 Å². The number of carbonyl (C=O) groups excluding carboxylic acids is 2. The first-order valence-electron chi connectivity index (χ1n) is 4.61. The van der Waals surface area contributed by atoms with E-state index in [0.29, 0.717) is 17.6 Å². The molecule has 4 nitrogen and oxygen atoms in total. The normalized spacial score (nSPS) is 11.6. The van der Waals surface area contributed by atoms with Crippen molar-refractivity contribution in [3.63, 3.8) is 0 Å². The molecule has 0 bridgehead atoms. The van der Waals surface area contributed by atoms with Crippen LogP contribution in [0.3, 0.4) is 0 Å². The molecule has 0 unspecified atom stereocenters. The lowest BCUT2D eigenvalue weighted by Crippen LogP contribution is -2.33. The van der Waals surface area contributed by atoms with E-state index in [9.17, 15) is 9.59 Å². The molecule has 0 radical (unpaired) electrons. The third-order valence-corrected chi connectivity index (χ3v) is 1.97. The molecule has 1 rings (SSSR count). The lowest BCUT2D eigenvalue weighted by molar-refractivity contribution is -0.126. The van der Waals surface area contributed by atoms with E-state index in [0.717, 1.165) is 0 Å². The van der Waals surface area contributed by atoms with Gasteiger partial charge >= 0.3 is 0 Å². The number of rotatable bonds is 4. The molecule has 0 heterocycles. The van der Waals surface area contributed by atoms with Gasteiger partial charge in [0.25, 0.3) is 5.91 Å². The van der Waals surface area contributed by atoms with Gasteiger partial charge in [0.05, 0.1) is 5.56 Å². The summed E-state index contributed by atoms with van der Waals surface area (Å²) in [5.41, 5.74) is 0.438. The monoisotopic (exact) mass is 207 g/mol. The Balaban J connectivity index is 2.80. The van der Waals surface area contributed by atoms with Crippen LogP contribution in [0.15, 0.2) is 24.3 Å². The summed E-state index contributed by atoms with van der Waals surface area (Å²) in [5.74, 6) is 0.194. The molecule has 1 aromatic carbocycles. The SMILES string of the molecule is CNC(=O)[C@H](C)Oc1ccccc1C=O. The van der Waals surface area contributed by atoms with Crippen LogP contribution < -0.4 is 10.1 Å². The maximum atomic E-state index is 11.2. The van der Waals surface area contributed by atoms with E-state index in [2.05, 4.69) is 5.32 Å². The molecule has 0 aliphatic carbocycles. The molecule has 4 heteroatoms. The van der Waals surface area contributed by atoms with Crippen LogP contribution in [-0.4, -0.2) is 25.3 Å². The highest BCUT2D eigenvalue weighted by molar-refractivity contribution is 5.82. The summed E-state index contributed by atoms with van der Waals surface area (Å²) < 4.78 is 5.35. The Morgan fingerprint density at radius 1 is 1.47 bits per heavy atom. The highest BCUT2D eigenvalue weighted by atomic mass is 16.5. The van der Waals surface area contributed by atoms with Crippen molar-refractivity contribution < 1.29 is 14.3 Å². The molecule has 1 atom stereocenters. The van der Waals surface area contributed by atoms with E-state index < -0.39 is 6.10 Å². The van der Waals surface area contributed by atoms with Crippen molar-refractivity contribution in [2.45, 2.75) is 13.0 Å². The highest BCUT2D eigenvalue weighted by Gasteiger charge is 2.13. The number of benzene rings is 1. The zero-order chi connectivity index (χ0) is 11.3. The van der Waals surface area contributed by atoms with Gasteiger partial charge in [-0.15, -0.1) is 0 Å². The molecule has 1 amide bonds. The van der Waals surface area contributed by atoms with Crippen LogP contribution in [0, 0.1) is 0 Å². The van der Waals surface area contributed by atoms with E-state index >= 15 is 0 Å². The van der Waals surface area contributed by atoms with Crippen LogP contribution in [0.5, 0.6) is 5.75 Å². The van der Waals surface area contributed by atoms with Gasteiger partial charge in [0.15, 0.2) is 12.4 Å². The number of aldehydes is 1. The fraction of sp³-hybridized carbons (Fsp3) is 0.273. The van der Waals surface area contributed by atoms with Crippen LogP contribution in [0.25, 0.3) is 0 Å². The van der Waals surface area contributed by atoms with Crippen LogP contribution in [0.2, 0.25) is 0 Å². The number of para-hydroxylation sites is 1. The molecule has 0 aliphatic heterocycles. The highest BCUT2D eigenvalue weighted by Crippen LogP contribution is 2.17. The molecule has 0 aliphatic rings. The molecule has 1 N–H and O–H groups in total. The number of nitrogens with one attached hydrogen (secondary N) is 1. The molecule has 0 fully saturated rings. The lowest BCUT2D eigenvalue weighted by atomic mass is 10.2. The quantitative estimate of drug-likeness (QED) is 0.750. The van der Waals surface area contributed by atoms with Crippen LogP contribution in [0.4, 0.5) is 0 Å². The van der Waals surface area contributed by atoms with E-state index in [1.54, 1.807) is 31.2 Å². The molecule has 0 saturated carbocycles. The van der Waals surface area contributed by atoms with Crippen LogP contribution >= 0.6 is 0 Å². The summed E-state index contributed by atoms with van der Waals surface area (Å²) in [6.07, 6.45) is 0.0856. The van der Waals surface area contributed by atoms with Crippen LogP contribution in [0.1, 0.15) is 17.3 Å². The van der Waals surface area contributed by atoms with Gasteiger partial charge in [-0.25, -0.2) is 0 Å². The number of hydrogen-bond donors (Lipinski definition) is 1. The van der Waals surface area contributed by atoms with Gasteiger partial charge in [-0.05, 0) is 19.1 Å². The first-order valence-corrected chi connectivity index (χ1v) is 4.61. The van der Waals surface area contributed by atoms with Gasteiger partial charge in [-0.2, -0.15) is 0 Å².